The zero-order chi connectivity index (χ0) is 10.1. The van der Waals surface area contributed by atoms with Gasteiger partial charge in [0.05, 0.1) is 11.0 Å². The van der Waals surface area contributed by atoms with E-state index in [2.05, 4.69) is 4.98 Å². The van der Waals surface area contributed by atoms with Crippen molar-refractivity contribution in [3.63, 3.8) is 0 Å². The molecule has 0 spiro atoms. The summed E-state index contributed by atoms with van der Waals surface area (Å²) in [5, 5.41) is 9.73. The van der Waals surface area contributed by atoms with Gasteiger partial charge in [0.2, 0.25) is 0 Å². The van der Waals surface area contributed by atoms with Crippen molar-refractivity contribution in [3.05, 3.63) is 30.1 Å². The van der Waals surface area contributed by atoms with Gasteiger partial charge in [0, 0.05) is 7.05 Å². The molecule has 0 saturated carbocycles. The molecule has 3 nitrogen and oxygen atoms in total. The highest BCUT2D eigenvalue weighted by Gasteiger charge is 2.13. The number of aliphatic hydroxyl groups excluding tert-OH is 1. The molecule has 0 fully saturated rings. The number of aryl methyl sites for hydroxylation is 1. The number of imidazole rings is 1. The van der Waals surface area contributed by atoms with Gasteiger partial charge in [-0.3, -0.25) is 0 Å². The van der Waals surface area contributed by atoms with Gasteiger partial charge < -0.3 is 9.67 Å². The third-order valence-corrected chi connectivity index (χ3v) is 2.51. The number of rotatable bonds is 2. The average Bonchev–Trinajstić information content (AvgIpc) is 2.56. The number of hydrogen-bond acceptors (Lipinski definition) is 2. The molecule has 74 valence electrons. The quantitative estimate of drug-likeness (QED) is 0.786. The lowest BCUT2D eigenvalue weighted by Gasteiger charge is -2.06. The zero-order valence-corrected chi connectivity index (χ0v) is 8.44. The Hall–Kier alpha value is -1.35. The van der Waals surface area contributed by atoms with Gasteiger partial charge in [0.25, 0.3) is 0 Å². The summed E-state index contributed by atoms with van der Waals surface area (Å²) in [6, 6.07) is 7.90. The van der Waals surface area contributed by atoms with Crippen LogP contribution in [0.25, 0.3) is 11.0 Å². The minimum Gasteiger partial charge on any atom is -0.385 e. The number of fused-ring (bicyclic) bond motifs is 1. The van der Waals surface area contributed by atoms with Gasteiger partial charge >= 0.3 is 0 Å². The van der Waals surface area contributed by atoms with Crippen molar-refractivity contribution in [2.24, 2.45) is 7.05 Å². The summed E-state index contributed by atoms with van der Waals surface area (Å²) >= 11 is 0. The lowest BCUT2D eigenvalue weighted by atomic mass is 10.3. The van der Waals surface area contributed by atoms with Crippen molar-refractivity contribution < 1.29 is 5.11 Å². The van der Waals surface area contributed by atoms with Crippen LogP contribution in [0.15, 0.2) is 24.3 Å². The predicted octanol–water partition coefficient (Wildman–Crippen LogP) is 2.02. The molecule has 0 unspecified atom stereocenters. The minimum atomic E-state index is -0.465. The van der Waals surface area contributed by atoms with E-state index >= 15 is 0 Å². The molecule has 0 aliphatic heterocycles. The van der Waals surface area contributed by atoms with Gasteiger partial charge in [-0.1, -0.05) is 19.1 Å². The van der Waals surface area contributed by atoms with E-state index in [1.54, 1.807) is 0 Å². The van der Waals surface area contributed by atoms with Crippen LogP contribution < -0.4 is 0 Å². The van der Waals surface area contributed by atoms with Crippen LogP contribution in [0.2, 0.25) is 0 Å². The first-order chi connectivity index (χ1) is 6.74. The van der Waals surface area contributed by atoms with Crippen molar-refractivity contribution in [2.45, 2.75) is 19.4 Å². The summed E-state index contributed by atoms with van der Waals surface area (Å²) in [5.41, 5.74) is 2.01. The van der Waals surface area contributed by atoms with Gasteiger partial charge in [-0.05, 0) is 18.6 Å². The van der Waals surface area contributed by atoms with Crippen LogP contribution in [0.5, 0.6) is 0 Å². The number of aliphatic hydroxyl groups is 1. The highest BCUT2D eigenvalue weighted by molar-refractivity contribution is 5.75. The summed E-state index contributed by atoms with van der Waals surface area (Å²) < 4.78 is 1.95. The second-order valence-electron chi connectivity index (χ2n) is 3.44. The van der Waals surface area contributed by atoms with E-state index in [4.69, 9.17) is 0 Å². The maximum atomic E-state index is 9.73. The third kappa shape index (κ3) is 1.30. The highest BCUT2D eigenvalue weighted by Crippen LogP contribution is 2.20. The maximum Gasteiger partial charge on any atom is 0.138 e. The van der Waals surface area contributed by atoms with E-state index in [0.717, 1.165) is 16.9 Å². The number of aromatic nitrogens is 2. The number of hydrogen-bond donors (Lipinski definition) is 1. The molecule has 0 saturated heterocycles. The number of nitrogens with zero attached hydrogens (tertiary/aromatic N) is 2. The van der Waals surface area contributed by atoms with Gasteiger partial charge in [-0.15, -0.1) is 0 Å². The normalized spacial score (nSPS) is 13.4. The molecule has 1 aromatic heterocycles. The fourth-order valence-corrected chi connectivity index (χ4v) is 1.64. The fourth-order valence-electron chi connectivity index (χ4n) is 1.64. The molecule has 2 aromatic rings. The van der Waals surface area contributed by atoms with Gasteiger partial charge in [-0.2, -0.15) is 0 Å². The average molecular weight is 190 g/mol. The molecule has 2 rings (SSSR count). The summed E-state index contributed by atoms with van der Waals surface area (Å²) in [7, 11) is 1.93. The molecule has 1 N–H and O–H groups in total. The highest BCUT2D eigenvalue weighted by atomic mass is 16.3. The van der Waals surface area contributed by atoms with Gasteiger partial charge in [-0.25, -0.2) is 4.98 Å². The molecule has 14 heavy (non-hydrogen) atoms. The molecule has 1 atom stereocenters. The molecular weight excluding hydrogens is 176 g/mol. The van der Waals surface area contributed by atoms with E-state index in [0.29, 0.717) is 6.42 Å². The lowest BCUT2D eigenvalue weighted by Crippen LogP contribution is -2.04. The molecular formula is C11H14N2O. The Balaban J connectivity index is 2.62. The van der Waals surface area contributed by atoms with Crippen LogP contribution in [-0.4, -0.2) is 14.7 Å². The molecule has 0 amide bonds. The van der Waals surface area contributed by atoms with E-state index in [9.17, 15) is 5.11 Å². The van der Waals surface area contributed by atoms with Crippen LogP contribution in [0.3, 0.4) is 0 Å². The largest absolute Gasteiger partial charge is 0.385 e. The first kappa shape index (κ1) is 9.21. The summed E-state index contributed by atoms with van der Waals surface area (Å²) in [5.74, 6) is 0.744. The SMILES string of the molecule is CC[C@H](O)c1nc2ccccc2n1C. The Morgan fingerprint density at radius 2 is 2.14 bits per heavy atom. The van der Waals surface area contributed by atoms with Crippen molar-refractivity contribution >= 4 is 11.0 Å². The number of benzene rings is 1. The Kier molecular flexibility index (Phi) is 2.25. The molecule has 0 radical (unpaired) electrons. The molecule has 0 aliphatic rings. The van der Waals surface area contributed by atoms with Crippen LogP contribution in [0.4, 0.5) is 0 Å². The fraction of sp³-hybridized carbons (Fsp3) is 0.364. The topological polar surface area (TPSA) is 38.1 Å². The van der Waals surface area contributed by atoms with E-state index in [1.165, 1.54) is 0 Å². The third-order valence-electron chi connectivity index (χ3n) is 2.51. The molecule has 1 heterocycles. The Labute approximate surface area is 83.0 Å². The zero-order valence-electron chi connectivity index (χ0n) is 8.44. The first-order valence-electron chi connectivity index (χ1n) is 4.83. The molecule has 0 bridgehead atoms. The van der Waals surface area contributed by atoms with Crippen molar-refractivity contribution in [2.75, 3.05) is 0 Å². The van der Waals surface area contributed by atoms with Gasteiger partial charge in [0.1, 0.15) is 11.9 Å². The van der Waals surface area contributed by atoms with Crippen molar-refractivity contribution in [1.29, 1.82) is 0 Å². The lowest BCUT2D eigenvalue weighted by molar-refractivity contribution is 0.161. The first-order valence-corrected chi connectivity index (χ1v) is 4.83. The summed E-state index contributed by atoms with van der Waals surface area (Å²) in [4.78, 5) is 4.40. The molecule has 0 aliphatic carbocycles. The van der Waals surface area contributed by atoms with Crippen LogP contribution in [0, 0.1) is 0 Å². The summed E-state index contributed by atoms with van der Waals surface area (Å²) in [6.07, 6.45) is 0.226. The van der Waals surface area contributed by atoms with Crippen molar-refractivity contribution in [3.8, 4) is 0 Å². The van der Waals surface area contributed by atoms with E-state index < -0.39 is 6.10 Å². The van der Waals surface area contributed by atoms with Crippen LogP contribution >= 0.6 is 0 Å². The predicted molar refractivity (Wildman–Crippen MR) is 56.0 cm³/mol. The Morgan fingerprint density at radius 3 is 2.79 bits per heavy atom. The molecule has 3 heteroatoms. The Morgan fingerprint density at radius 1 is 1.43 bits per heavy atom. The monoisotopic (exact) mass is 190 g/mol. The standard InChI is InChI=1S/C11H14N2O/c1-3-10(14)11-12-8-6-4-5-7-9(8)13(11)2/h4-7,10,14H,3H2,1-2H3/t10-/m0/s1. The second kappa shape index (κ2) is 3.42. The summed E-state index contributed by atoms with van der Waals surface area (Å²) in [6.45, 7) is 1.95. The van der Waals surface area contributed by atoms with Gasteiger partial charge in [0.15, 0.2) is 0 Å². The smallest absolute Gasteiger partial charge is 0.138 e. The molecule has 1 aromatic carbocycles. The van der Waals surface area contributed by atoms with E-state index in [1.807, 2.05) is 42.8 Å². The van der Waals surface area contributed by atoms with Crippen molar-refractivity contribution in [1.82, 2.24) is 9.55 Å². The number of para-hydroxylation sites is 2. The minimum absolute atomic E-state index is 0.465. The maximum absolute atomic E-state index is 9.73. The Bertz CT molecular complexity index is 447. The van der Waals surface area contributed by atoms with Crippen LogP contribution in [-0.2, 0) is 7.05 Å². The second-order valence-corrected chi connectivity index (χ2v) is 3.44. The van der Waals surface area contributed by atoms with Crippen LogP contribution in [0.1, 0.15) is 25.3 Å². The van der Waals surface area contributed by atoms with E-state index in [-0.39, 0.29) is 0 Å².